The minimum absolute atomic E-state index is 0.0956. The van der Waals surface area contributed by atoms with Crippen molar-refractivity contribution in [2.24, 2.45) is 0 Å². The molecular formula is C19H17N5O2S. The second-order valence-corrected chi connectivity index (χ2v) is 6.94. The molecule has 0 aliphatic carbocycles. The summed E-state index contributed by atoms with van der Waals surface area (Å²) in [6, 6.07) is 16.8. The molecule has 8 heteroatoms. The maximum Gasteiger partial charge on any atom is 0.234 e. The number of hydrogen-bond donors (Lipinski definition) is 1. The van der Waals surface area contributed by atoms with Crippen LogP contribution in [0.25, 0.3) is 4.96 Å². The van der Waals surface area contributed by atoms with Crippen LogP contribution in [-0.2, 0) is 11.2 Å². The molecule has 0 atom stereocenters. The summed E-state index contributed by atoms with van der Waals surface area (Å²) < 4.78 is 7.57. The Kier molecular flexibility index (Phi) is 4.80. The van der Waals surface area contributed by atoms with E-state index in [0.29, 0.717) is 30.0 Å². The highest BCUT2D eigenvalue weighted by molar-refractivity contribution is 7.16. The molecule has 2 aromatic carbocycles. The summed E-state index contributed by atoms with van der Waals surface area (Å²) in [4.78, 5) is 13.1. The fraction of sp³-hybridized carbons (Fsp3) is 0.158. The third-order valence-corrected chi connectivity index (χ3v) is 4.85. The van der Waals surface area contributed by atoms with Crippen molar-refractivity contribution in [3.8, 4) is 11.5 Å². The number of amides is 1. The predicted octanol–water partition coefficient (Wildman–Crippen LogP) is 3.86. The summed E-state index contributed by atoms with van der Waals surface area (Å²) in [5, 5.41) is 16.2. The highest BCUT2D eigenvalue weighted by atomic mass is 32.1. The van der Waals surface area contributed by atoms with Crippen molar-refractivity contribution in [2.45, 2.75) is 19.8 Å². The first-order valence-electron chi connectivity index (χ1n) is 8.48. The fourth-order valence-corrected chi connectivity index (χ4v) is 3.44. The fourth-order valence-electron chi connectivity index (χ4n) is 2.56. The summed E-state index contributed by atoms with van der Waals surface area (Å²) in [5.41, 5.74) is 0.639. The van der Waals surface area contributed by atoms with Gasteiger partial charge in [-0.1, -0.05) is 41.7 Å². The van der Waals surface area contributed by atoms with Crippen LogP contribution in [0, 0.1) is 6.92 Å². The van der Waals surface area contributed by atoms with Crippen molar-refractivity contribution < 1.29 is 9.53 Å². The van der Waals surface area contributed by atoms with Gasteiger partial charge in [0.25, 0.3) is 0 Å². The van der Waals surface area contributed by atoms with Crippen LogP contribution in [0.2, 0.25) is 0 Å². The number of carbonyl (C=O) groups is 1. The number of fused-ring (bicyclic) bond motifs is 1. The maximum atomic E-state index is 12.4. The summed E-state index contributed by atoms with van der Waals surface area (Å²) in [6.07, 6.45) is 0.865. The van der Waals surface area contributed by atoms with Gasteiger partial charge in [-0.05, 0) is 31.2 Å². The lowest BCUT2D eigenvalue weighted by atomic mass is 10.2. The molecule has 0 saturated carbocycles. The number of para-hydroxylation sites is 3. The van der Waals surface area contributed by atoms with Crippen LogP contribution in [0.15, 0.2) is 54.6 Å². The van der Waals surface area contributed by atoms with Gasteiger partial charge in [0.2, 0.25) is 10.9 Å². The number of rotatable bonds is 6. The Bertz CT molecular complexity index is 1070. The van der Waals surface area contributed by atoms with Crippen LogP contribution in [0.5, 0.6) is 11.5 Å². The molecule has 0 aliphatic heterocycles. The highest BCUT2D eigenvalue weighted by Gasteiger charge is 2.12. The standard InChI is InChI=1S/C19H17N5O2S/c1-13-21-22-19-24(13)23-18(27-19)12-11-17(25)20-15-9-5-6-10-16(15)26-14-7-3-2-4-8-14/h2-10H,11-12H2,1H3,(H,20,25). The number of anilines is 1. The molecule has 0 unspecified atom stereocenters. The summed E-state index contributed by atoms with van der Waals surface area (Å²) in [5.74, 6) is 1.96. The average Bonchev–Trinajstić information content (AvgIpc) is 3.24. The minimum atomic E-state index is -0.0956. The van der Waals surface area contributed by atoms with Gasteiger partial charge in [0.15, 0.2) is 11.6 Å². The van der Waals surface area contributed by atoms with Crippen LogP contribution in [0.3, 0.4) is 0 Å². The molecule has 0 fully saturated rings. The minimum Gasteiger partial charge on any atom is -0.455 e. The van der Waals surface area contributed by atoms with Gasteiger partial charge in [-0.2, -0.15) is 9.61 Å². The van der Waals surface area contributed by atoms with E-state index in [2.05, 4.69) is 20.6 Å². The molecule has 2 heterocycles. The van der Waals surface area contributed by atoms with Gasteiger partial charge in [0.1, 0.15) is 10.8 Å². The van der Waals surface area contributed by atoms with E-state index in [0.717, 1.165) is 15.8 Å². The first-order chi connectivity index (χ1) is 13.2. The Morgan fingerprint density at radius 2 is 1.89 bits per heavy atom. The largest absolute Gasteiger partial charge is 0.455 e. The van der Waals surface area contributed by atoms with E-state index in [4.69, 9.17) is 4.74 Å². The van der Waals surface area contributed by atoms with E-state index < -0.39 is 0 Å². The lowest BCUT2D eigenvalue weighted by Crippen LogP contribution is -2.13. The summed E-state index contributed by atoms with van der Waals surface area (Å²) in [6.45, 7) is 1.85. The Balaban J connectivity index is 1.40. The van der Waals surface area contributed by atoms with E-state index in [-0.39, 0.29) is 5.91 Å². The Morgan fingerprint density at radius 3 is 2.70 bits per heavy atom. The van der Waals surface area contributed by atoms with Crippen molar-refractivity contribution in [3.05, 3.63) is 65.4 Å². The number of hydrogen-bond acceptors (Lipinski definition) is 6. The van der Waals surface area contributed by atoms with Crippen molar-refractivity contribution in [1.82, 2.24) is 19.8 Å². The lowest BCUT2D eigenvalue weighted by molar-refractivity contribution is -0.116. The van der Waals surface area contributed by atoms with Crippen molar-refractivity contribution in [3.63, 3.8) is 0 Å². The molecule has 1 amide bonds. The van der Waals surface area contributed by atoms with Crippen molar-refractivity contribution in [1.29, 1.82) is 0 Å². The SMILES string of the molecule is Cc1nnc2sc(CCC(=O)Nc3ccccc3Oc3ccccc3)nn12. The molecule has 136 valence electrons. The van der Waals surface area contributed by atoms with Crippen molar-refractivity contribution >= 4 is 27.9 Å². The average molecular weight is 379 g/mol. The molecule has 2 aromatic heterocycles. The van der Waals surface area contributed by atoms with Gasteiger partial charge in [-0.3, -0.25) is 4.79 Å². The molecule has 0 saturated heterocycles. The molecule has 1 N–H and O–H groups in total. The molecule has 0 aliphatic rings. The predicted molar refractivity (Wildman–Crippen MR) is 103 cm³/mol. The van der Waals surface area contributed by atoms with Gasteiger partial charge in [-0.15, -0.1) is 10.2 Å². The van der Waals surface area contributed by atoms with Crippen LogP contribution in [0.1, 0.15) is 17.3 Å². The van der Waals surface area contributed by atoms with Crippen molar-refractivity contribution in [2.75, 3.05) is 5.32 Å². The van der Waals surface area contributed by atoms with Crippen LogP contribution in [0.4, 0.5) is 5.69 Å². The normalized spacial score (nSPS) is 10.9. The van der Waals surface area contributed by atoms with Crippen LogP contribution < -0.4 is 10.1 Å². The van der Waals surface area contributed by atoms with Gasteiger partial charge in [0.05, 0.1) is 5.69 Å². The number of aryl methyl sites for hydroxylation is 2. The zero-order valence-corrected chi connectivity index (χ0v) is 15.4. The number of nitrogens with one attached hydrogen (secondary N) is 1. The third-order valence-electron chi connectivity index (χ3n) is 3.89. The topological polar surface area (TPSA) is 81.4 Å². The first kappa shape index (κ1) is 17.2. The smallest absolute Gasteiger partial charge is 0.234 e. The number of carbonyl (C=O) groups excluding carboxylic acids is 1. The van der Waals surface area contributed by atoms with E-state index in [1.165, 1.54) is 11.3 Å². The molecule has 4 aromatic rings. The number of ether oxygens (including phenoxy) is 1. The van der Waals surface area contributed by atoms with Crippen LogP contribution >= 0.6 is 11.3 Å². The zero-order chi connectivity index (χ0) is 18.6. The monoisotopic (exact) mass is 379 g/mol. The molecule has 27 heavy (non-hydrogen) atoms. The van der Waals surface area contributed by atoms with E-state index in [1.54, 1.807) is 4.52 Å². The van der Waals surface area contributed by atoms with Gasteiger partial charge in [-0.25, -0.2) is 0 Å². The van der Waals surface area contributed by atoms with Gasteiger partial charge >= 0.3 is 0 Å². The van der Waals surface area contributed by atoms with E-state index in [9.17, 15) is 4.79 Å². The van der Waals surface area contributed by atoms with Gasteiger partial charge in [0, 0.05) is 12.8 Å². The second-order valence-electron chi connectivity index (χ2n) is 5.90. The molecule has 0 radical (unpaired) electrons. The highest BCUT2D eigenvalue weighted by Crippen LogP contribution is 2.29. The zero-order valence-electron chi connectivity index (χ0n) is 14.6. The second kappa shape index (κ2) is 7.55. The molecule has 0 spiro atoms. The molecule has 4 rings (SSSR count). The molecule has 7 nitrogen and oxygen atoms in total. The Labute approximate surface area is 159 Å². The summed E-state index contributed by atoms with van der Waals surface area (Å²) in [7, 11) is 0. The maximum absolute atomic E-state index is 12.4. The first-order valence-corrected chi connectivity index (χ1v) is 9.30. The quantitative estimate of drug-likeness (QED) is 0.550. The summed E-state index contributed by atoms with van der Waals surface area (Å²) >= 11 is 1.44. The van der Waals surface area contributed by atoms with E-state index in [1.807, 2.05) is 61.5 Å². The third kappa shape index (κ3) is 3.95. The number of nitrogens with zero attached hydrogens (tertiary/aromatic N) is 4. The van der Waals surface area contributed by atoms with Gasteiger partial charge < -0.3 is 10.1 Å². The van der Waals surface area contributed by atoms with E-state index >= 15 is 0 Å². The Hall–Kier alpha value is -3.26. The molecule has 0 bridgehead atoms. The Morgan fingerprint density at radius 1 is 1.11 bits per heavy atom. The number of aromatic nitrogens is 4. The number of benzene rings is 2. The lowest BCUT2D eigenvalue weighted by Gasteiger charge is -2.12. The van der Waals surface area contributed by atoms with Crippen LogP contribution in [-0.4, -0.2) is 25.7 Å². The molecular weight excluding hydrogens is 362 g/mol.